The summed E-state index contributed by atoms with van der Waals surface area (Å²) in [5.41, 5.74) is 2.17. The van der Waals surface area contributed by atoms with E-state index in [1.165, 1.54) is 38.5 Å². The molecule has 3 nitrogen and oxygen atoms in total. The molecule has 0 bridgehead atoms. The second-order valence-corrected chi connectivity index (χ2v) is 6.87. The molecule has 2 fully saturated rings. The fraction of sp³-hybridized carbons (Fsp3) is 0.875. The molecule has 108 valence electrons. The van der Waals surface area contributed by atoms with Crippen LogP contribution in [-0.2, 0) is 0 Å². The van der Waals surface area contributed by atoms with Crippen molar-refractivity contribution in [1.29, 1.82) is 0 Å². The van der Waals surface area contributed by atoms with Crippen molar-refractivity contribution in [1.82, 2.24) is 10.6 Å². The van der Waals surface area contributed by atoms with Gasteiger partial charge in [-0.05, 0) is 56.3 Å². The van der Waals surface area contributed by atoms with Crippen molar-refractivity contribution in [2.45, 2.75) is 57.5 Å². The fourth-order valence-corrected chi connectivity index (χ4v) is 4.55. The molecular formula is C16H28N2O. The van der Waals surface area contributed by atoms with Gasteiger partial charge in [0.1, 0.15) is 0 Å². The molecule has 1 saturated heterocycles. The lowest BCUT2D eigenvalue weighted by molar-refractivity contribution is 0.116. The van der Waals surface area contributed by atoms with E-state index >= 15 is 0 Å². The molecule has 0 unspecified atom stereocenters. The molecule has 3 heteroatoms. The summed E-state index contributed by atoms with van der Waals surface area (Å²) in [5, 5.41) is 16.4. The van der Waals surface area contributed by atoms with Crippen molar-refractivity contribution in [3.05, 3.63) is 11.6 Å². The van der Waals surface area contributed by atoms with Gasteiger partial charge in [0.2, 0.25) is 0 Å². The first-order valence-corrected chi connectivity index (χ1v) is 8.02. The number of fused-ring (bicyclic) bond motifs is 1. The maximum Gasteiger partial charge on any atom is 0.0882 e. The van der Waals surface area contributed by atoms with E-state index in [0.29, 0.717) is 12.0 Å². The van der Waals surface area contributed by atoms with Gasteiger partial charge in [-0.15, -0.1) is 0 Å². The van der Waals surface area contributed by atoms with E-state index in [4.69, 9.17) is 5.11 Å². The minimum absolute atomic E-state index is 0.105. The lowest BCUT2D eigenvalue weighted by atomic mass is 9.58. The van der Waals surface area contributed by atoms with Gasteiger partial charge in [-0.25, -0.2) is 0 Å². The molecule has 2 atom stereocenters. The van der Waals surface area contributed by atoms with Crippen LogP contribution in [0, 0.1) is 11.3 Å². The Kier molecular flexibility index (Phi) is 3.71. The highest BCUT2D eigenvalue weighted by molar-refractivity contribution is 5.28. The smallest absolute Gasteiger partial charge is 0.0882 e. The van der Waals surface area contributed by atoms with Gasteiger partial charge in [0, 0.05) is 19.7 Å². The third-order valence-corrected chi connectivity index (χ3v) is 5.81. The second-order valence-electron chi connectivity index (χ2n) is 6.87. The van der Waals surface area contributed by atoms with E-state index in [1.54, 1.807) is 5.57 Å². The maximum atomic E-state index is 9.11. The van der Waals surface area contributed by atoms with Crippen LogP contribution in [0.4, 0.5) is 0 Å². The molecule has 0 aromatic rings. The van der Waals surface area contributed by atoms with E-state index in [0.717, 1.165) is 25.4 Å². The molecule has 0 aromatic heterocycles. The predicted molar refractivity (Wildman–Crippen MR) is 77.8 cm³/mol. The van der Waals surface area contributed by atoms with E-state index in [2.05, 4.69) is 23.6 Å². The SMILES string of the molecule is C[C@]12CCC3(C=C1CCC[C@@H]2CCCO)NCCN3. The third-order valence-electron chi connectivity index (χ3n) is 5.81. The van der Waals surface area contributed by atoms with Gasteiger partial charge in [0.25, 0.3) is 0 Å². The molecule has 3 aliphatic rings. The van der Waals surface area contributed by atoms with Crippen LogP contribution in [0.5, 0.6) is 0 Å². The molecule has 1 aliphatic heterocycles. The van der Waals surface area contributed by atoms with Crippen LogP contribution in [0.15, 0.2) is 11.6 Å². The Balaban J connectivity index is 1.81. The van der Waals surface area contributed by atoms with Gasteiger partial charge in [-0.1, -0.05) is 18.6 Å². The number of aliphatic hydroxyl groups excluding tert-OH is 1. The first-order valence-electron chi connectivity index (χ1n) is 8.02. The minimum atomic E-state index is 0.105. The predicted octanol–water partition coefficient (Wildman–Crippen LogP) is 2.17. The number of aliphatic hydroxyl groups is 1. The highest BCUT2D eigenvalue weighted by Crippen LogP contribution is 2.53. The molecule has 0 radical (unpaired) electrons. The van der Waals surface area contributed by atoms with Gasteiger partial charge < -0.3 is 5.11 Å². The first kappa shape index (κ1) is 13.6. The van der Waals surface area contributed by atoms with Crippen LogP contribution in [0.1, 0.15) is 51.9 Å². The van der Waals surface area contributed by atoms with Crippen LogP contribution in [0.2, 0.25) is 0 Å². The molecule has 19 heavy (non-hydrogen) atoms. The van der Waals surface area contributed by atoms with Gasteiger partial charge in [-0.2, -0.15) is 0 Å². The summed E-state index contributed by atoms with van der Waals surface area (Å²) in [6.45, 7) is 5.00. The quantitative estimate of drug-likeness (QED) is 0.685. The van der Waals surface area contributed by atoms with Gasteiger partial charge in [0.05, 0.1) is 5.66 Å². The molecule has 0 aromatic carbocycles. The van der Waals surface area contributed by atoms with Gasteiger partial charge in [0.15, 0.2) is 0 Å². The molecule has 1 heterocycles. The third kappa shape index (κ3) is 2.37. The van der Waals surface area contributed by atoms with Crippen LogP contribution in [0.3, 0.4) is 0 Å². The summed E-state index contributed by atoms with van der Waals surface area (Å²) < 4.78 is 0. The Hall–Kier alpha value is -0.380. The zero-order chi connectivity index (χ0) is 13.3. The Morgan fingerprint density at radius 3 is 2.84 bits per heavy atom. The van der Waals surface area contributed by atoms with Crippen molar-refractivity contribution in [2.24, 2.45) is 11.3 Å². The average Bonchev–Trinajstić information content (AvgIpc) is 2.86. The molecular weight excluding hydrogens is 236 g/mol. The van der Waals surface area contributed by atoms with E-state index in [9.17, 15) is 0 Å². The number of hydrogen-bond acceptors (Lipinski definition) is 3. The van der Waals surface area contributed by atoms with Crippen molar-refractivity contribution in [3.63, 3.8) is 0 Å². The number of nitrogens with one attached hydrogen (secondary N) is 2. The van der Waals surface area contributed by atoms with Gasteiger partial charge >= 0.3 is 0 Å². The largest absolute Gasteiger partial charge is 0.396 e. The van der Waals surface area contributed by atoms with E-state index in [1.807, 2.05) is 0 Å². The van der Waals surface area contributed by atoms with E-state index in [-0.39, 0.29) is 5.66 Å². The summed E-state index contributed by atoms with van der Waals surface area (Å²) in [6, 6.07) is 0. The Morgan fingerprint density at radius 2 is 2.11 bits per heavy atom. The Labute approximate surface area is 116 Å². The summed E-state index contributed by atoms with van der Waals surface area (Å²) in [5.74, 6) is 0.776. The number of hydrogen-bond donors (Lipinski definition) is 3. The molecule has 1 saturated carbocycles. The van der Waals surface area contributed by atoms with Crippen LogP contribution in [-0.4, -0.2) is 30.5 Å². The summed E-state index contributed by atoms with van der Waals surface area (Å²) >= 11 is 0. The van der Waals surface area contributed by atoms with Crippen molar-refractivity contribution < 1.29 is 5.11 Å². The number of rotatable bonds is 3. The molecule has 0 amide bonds. The fourth-order valence-electron chi connectivity index (χ4n) is 4.55. The Morgan fingerprint density at radius 1 is 1.32 bits per heavy atom. The summed E-state index contributed by atoms with van der Waals surface area (Å²) in [6.07, 6.45) is 11.1. The highest BCUT2D eigenvalue weighted by atomic mass is 16.2. The summed E-state index contributed by atoms with van der Waals surface area (Å²) in [4.78, 5) is 0. The average molecular weight is 264 g/mol. The zero-order valence-electron chi connectivity index (χ0n) is 12.2. The zero-order valence-corrected chi connectivity index (χ0v) is 12.2. The highest BCUT2D eigenvalue weighted by Gasteiger charge is 2.46. The van der Waals surface area contributed by atoms with Crippen LogP contribution < -0.4 is 10.6 Å². The van der Waals surface area contributed by atoms with Crippen LogP contribution in [0.25, 0.3) is 0 Å². The normalized spacial score (nSPS) is 37.2. The first-order chi connectivity index (χ1) is 9.19. The van der Waals surface area contributed by atoms with Crippen molar-refractivity contribution in [2.75, 3.05) is 19.7 Å². The van der Waals surface area contributed by atoms with Crippen LogP contribution >= 0.6 is 0 Å². The number of allylic oxidation sites excluding steroid dienone is 1. The summed E-state index contributed by atoms with van der Waals surface area (Å²) in [7, 11) is 0. The monoisotopic (exact) mass is 264 g/mol. The maximum absolute atomic E-state index is 9.11. The van der Waals surface area contributed by atoms with E-state index < -0.39 is 0 Å². The van der Waals surface area contributed by atoms with Crippen molar-refractivity contribution in [3.8, 4) is 0 Å². The minimum Gasteiger partial charge on any atom is -0.396 e. The molecule has 2 aliphatic carbocycles. The Bertz CT molecular complexity index is 360. The molecule has 3 N–H and O–H groups in total. The molecule has 3 rings (SSSR count). The van der Waals surface area contributed by atoms with Gasteiger partial charge in [-0.3, -0.25) is 10.6 Å². The van der Waals surface area contributed by atoms with Crippen molar-refractivity contribution >= 4 is 0 Å². The lowest BCUT2D eigenvalue weighted by Crippen LogP contribution is -2.52. The topological polar surface area (TPSA) is 44.3 Å². The lowest BCUT2D eigenvalue weighted by Gasteiger charge is -2.50. The molecule has 1 spiro atoms. The second kappa shape index (κ2) is 5.19. The standard InChI is InChI=1S/C16H28N2O/c1-15-7-8-16(17-9-10-18-16)12-14(15)5-2-4-13(15)6-3-11-19/h12-13,17-19H,2-11H2,1H3/t13-,15-/m1/s1.